The van der Waals surface area contributed by atoms with Crippen LogP contribution in [0, 0.1) is 6.92 Å². The second kappa shape index (κ2) is 13.4. The van der Waals surface area contributed by atoms with Gasteiger partial charge in [0.15, 0.2) is 5.78 Å². The fourth-order valence-corrected chi connectivity index (χ4v) is 4.04. The van der Waals surface area contributed by atoms with E-state index >= 15 is 0 Å². The Morgan fingerprint density at radius 1 is 0.917 bits per heavy atom. The minimum atomic E-state index is -0.0470. The Kier molecular flexibility index (Phi) is 10.1. The minimum Gasteiger partial charge on any atom is -0.497 e. The Balaban J connectivity index is 1.54. The minimum absolute atomic E-state index is 0.0470. The normalized spacial score (nSPS) is 10.8. The molecule has 0 bridgehead atoms. The molecule has 190 valence electrons. The highest BCUT2D eigenvalue weighted by Crippen LogP contribution is 2.23. The number of hydrogen-bond acceptors (Lipinski definition) is 5. The van der Waals surface area contributed by atoms with Crippen molar-refractivity contribution in [3.63, 3.8) is 0 Å². The highest BCUT2D eigenvalue weighted by Gasteiger charge is 2.10. The van der Waals surface area contributed by atoms with Crippen molar-refractivity contribution in [1.29, 1.82) is 0 Å². The van der Waals surface area contributed by atoms with Gasteiger partial charge in [-0.2, -0.15) is 0 Å². The van der Waals surface area contributed by atoms with Gasteiger partial charge in [0, 0.05) is 35.5 Å². The lowest BCUT2D eigenvalue weighted by Crippen LogP contribution is -2.29. The molecule has 3 aromatic carbocycles. The number of nitrogens with one attached hydrogen (secondary N) is 2. The number of carbonyl (C=O) groups excluding carboxylic acids is 2. The quantitative estimate of drug-likeness (QED) is 0.241. The van der Waals surface area contributed by atoms with Crippen molar-refractivity contribution in [3.05, 3.63) is 89.0 Å². The molecule has 0 saturated carbocycles. The molecule has 0 aromatic heterocycles. The van der Waals surface area contributed by atoms with Crippen LogP contribution >= 0.6 is 0 Å². The number of nitrogens with zero attached hydrogens (tertiary/aromatic N) is 1. The monoisotopic (exact) mass is 487 g/mol. The Morgan fingerprint density at radius 3 is 2.33 bits per heavy atom. The predicted octanol–water partition coefficient (Wildman–Crippen LogP) is 5.63. The van der Waals surface area contributed by atoms with Crippen LogP contribution in [0.25, 0.3) is 0 Å². The van der Waals surface area contributed by atoms with Gasteiger partial charge in [0.25, 0.3) is 5.91 Å². The number of benzene rings is 3. The molecule has 6 heteroatoms. The number of anilines is 2. The number of ketones is 1. The lowest BCUT2D eigenvalue weighted by atomic mass is 10.0. The molecular weight excluding hydrogens is 450 g/mol. The van der Waals surface area contributed by atoms with E-state index in [4.69, 9.17) is 4.74 Å². The average Bonchev–Trinajstić information content (AvgIpc) is 2.90. The first-order chi connectivity index (χ1) is 17.4. The molecule has 0 aliphatic heterocycles. The van der Waals surface area contributed by atoms with Crippen LogP contribution in [0.4, 0.5) is 11.4 Å². The number of hydrogen-bond donors (Lipinski definition) is 2. The van der Waals surface area contributed by atoms with E-state index in [1.54, 1.807) is 19.2 Å². The summed E-state index contributed by atoms with van der Waals surface area (Å²) in [7, 11) is 1.59. The van der Waals surface area contributed by atoms with E-state index in [9.17, 15) is 9.59 Å². The van der Waals surface area contributed by atoms with Gasteiger partial charge in [0.1, 0.15) is 5.75 Å². The molecule has 0 atom stereocenters. The molecule has 0 saturated heterocycles. The molecule has 0 spiro atoms. The molecular formula is C30H37N3O3. The Bertz CT molecular complexity index is 1150. The van der Waals surface area contributed by atoms with E-state index in [-0.39, 0.29) is 11.7 Å². The van der Waals surface area contributed by atoms with Crippen molar-refractivity contribution in [3.8, 4) is 5.75 Å². The summed E-state index contributed by atoms with van der Waals surface area (Å²) in [5.74, 6) is 0.677. The zero-order valence-corrected chi connectivity index (χ0v) is 21.8. The molecule has 0 aliphatic carbocycles. The van der Waals surface area contributed by atoms with Gasteiger partial charge < -0.3 is 20.3 Å². The summed E-state index contributed by atoms with van der Waals surface area (Å²) < 4.78 is 5.21. The topological polar surface area (TPSA) is 70.7 Å². The molecule has 6 nitrogen and oxygen atoms in total. The standard InChI is InChI=1S/C30H37N3O3/c1-5-33(6-2)18-8-17-31-30(35)25-13-16-28(22(3)19-25)32-26-14-11-23(12-15-26)20-29(34)24-9-7-10-27(21-24)36-4/h7,9-16,19,21,32H,5-6,8,17-18,20H2,1-4H3,(H,31,35). The highest BCUT2D eigenvalue weighted by atomic mass is 16.5. The van der Waals surface area contributed by atoms with Crippen LogP contribution in [0.2, 0.25) is 0 Å². The molecule has 0 heterocycles. The van der Waals surface area contributed by atoms with Gasteiger partial charge in [-0.3, -0.25) is 9.59 Å². The summed E-state index contributed by atoms with van der Waals surface area (Å²) in [6, 6.07) is 20.7. The summed E-state index contributed by atoms with van der Waals surface area (Å²) in [5, 5.41) is 6.42. The fraction of sp³-hybridized carbons (Fsp3) is 0.333. The van der Waals surface area contributed by atoms with Crippen LogP contribution in [-0.4, -0.2) is 49.9 Å². The maximum atomic E-state index is 12.6. The van der Waals surface area contributed by atoms with Crippen molar-refractivity contribution >= 4 is 23.1 Å². The number of aryl methyl sites for hydroxylation is 1. The maximum absolute atomic E-state index is 12.6. The van der Waals surface area contributed by atoms with Gasteiger partial charge >= 0.3 is 0 Å². The summed E-state index contributed by atoms with van der Waals surface area (Å²) in [4.78, 5) is 27.5. The van der Waals surface area contributed by atoms with Gasteiger partial charge in [0.05, 0.1) is 7.11 Å². The number of amides is 1. The molecule has 2 N–H and O–H groups in total. The lowest BCUT2D eigenvalue weighted by Gasteiger charge is -2.17. The van der Waals surface area contributed by atoms with Gasteiger partial charge in [-0.05, 0) is 86.6 Å². The number of Topliss-reactive ketones (excluding diaryl/α,β-unsaturated/α-hetero) is 1. The second-order valence-electron chi connectivity index (χ2n) is 8.82. The first kappa shape index (κ1) is 27.0. The van der Waals surface area contributed by atoms with Crippen LogP contribution in [0.3, 0.4) is 0 Å². The van der Waals surface area contributed by atoms with E-state index in [0.29, 0.717) is 29.8 Å². The summed E-state index contributed by atoms with van der Waals surface area (Å²) in [6.07, 6.45) is 1.26. The largest absolute Gasteiger partial charge is 0.497 e. The van der Waals surface area contributed by atoms with Crippen LogP contribution in [0.5, 0.6) is 5.75 Å². The molecule has 0 radical (unpaired) electrons. The molecule has 0 aliphatic rings. The molecule has 0 fully saturated rings. The number of ether oxygens (including phenoxy) is 1. The van der Waals surface area contributed by atoms with Gasteiger partial charge in [0.2, 0.25) is 0 Å². The molecule has 3 aromatic rings. The number of rotatable bonds is 13. The van der Waals surface area contributed by atoms with Crippen LogP contribution in [0.1, 0.15) is 52.1 Å². The van der Waals surface area contributed by atoms with Crippen molar-refractivity contribution in [2.45, 2.75) is 33.6 Å². The van der Waals surface area contributed by atoms with Crippen molar-refractivity contribution in [2.75, 3.05) is 38.6 Å². The van der Waals surface area contributed by atoms with Crippen molar-refractivity contribution < 1.29 is 14.3 Å². The Hall–Kier alpha value is -3.64. The van der Waals surface area contributed by atoms with Crippen LogP contribution < -0.4 is 15.4 Å². The SMILES string of the molecule is CCN(CC)CCCNC(=O)c1ccc(Nc2ccc(CC(=O)c3cccc(OC)c3)cc2)c(C)c1. The molecule has 1 amide bonds. The molecule has 36 heavy (non-hydrogen) atoms. The third kappa shape index (κ3) is 7.68. The maximum Gasteiger partial charge on any atom is 0.251 e. The Morgan fingerprint density at radius 2 is 1.67 bits per heavy atom. The third-order valence-electron chi connectivity index (χ3n) is 6.31. The van der Waals surface area contributed by atoms with E-state index in [1.165, 1.54) is 0 Å². The van der Waals surface area contributed by atoms with E-state index < -0.39 is 0 Å². The summed E-state index contributed by atoms with van der Waals surface area (Å²) in [6.45, 7) is 10.0. The highest BCUT2D eigenvalue weighted by molar-refractivity contribution is 5.98. The molecule has 3 rings (SSSR count). The zero-order chi connectivity index (χ0) is 25.9. The first-order valence-electron chi connectivity index (χ1n) is 12.6. The van der Waals surface area contributed by atoms with Crippen LogP contribution in [0.15, 0.2) is 66.7 Å². The fourth-order valence-electron chi connectivity index (χ4n) is 4.04. The zero-order valence-electron chi connectivity index (χ0n) is 21.8. The van der Waals surface area contributed by atoms with Crippen molar-refractivity contribution in [1.82, 2.24) is 10.2 Å². The van der Waals surface area contributed by atoms with Crippen molar-refractivity contribution in [2.24, 2.45) is 0 Å². The van der Waals surface area contributed by atoms with Gasteiger partial charge in [-0.1, -0.05) is 38.1 Å². The average molecular weight is 488 g/mol. The number of carbonyl (C=O) groups is 2. The van der Waals surface area contributed by atoms with Gasteiger partial charge in [-0.15, -0.1) is 0 Å². The van der Waals surface area contributed by atoms with E-state index in [2.05, 4.69) is 29.4 Å². The summed E-state index contributed by atoms with van der Waals surface area (Å²) >= 11 is 0. The summed E-state index contributed by atoms with van der Waals surface area (Å²) in [5.41, 5.74) is 5.09. The van der Waals surface area contributed by atoms with E-state index in [1.807, 2.05) is 61.5 Å². The Labute approximate surface area is 214 Å². The lowest BCUT2D eigenvalue weighted by molar-refractivity contribution is 0.0950. The van der Waals surface area contributed by atoms with Crippen LogP contribution in [-0.2, 0) is 6.42 Å². The predicted molar refractivity (Wildman–Crippen MR) is 147 cm³/mol. The third-order valence-corrected chi connectivity index (χ3v) is 6.31. The van der Waals surface area contributed by atoms with Gasteiger partial charge in [-0.25, -0.2) is 0 Å². The second-order valence-corrected chi connectivity index (χ2v) is 8.82. The van der Waals surface area contributed by atoms with E-state index in [0.717, 1.165) is 48.6 Å². The smallest absolute Gasteiger partial charge is 0.251 e. The molecule has 0 unspecified atom stereocenters. The number of methoxy groups -OCH3 is 1. The first-order valence-corrected chi connectivity index (χ1v) is 12.6.